The van der Waals surface area contributed by atoms with Crippen LogP contribution in [-0.4, -0.2) is 33.7 Å². The summed E-state index contributed by atoms with van der Waals surface area (Å²) in [6.07, 6.45) is 22.9. The molecule has 4 nitrogen and oxygen atoms in total. The Morgan fingerprint density at radius 2 is 1.03 bits per heavy atom. The fourth-order valence-electron chi connectivity index (χ4n) is 4.88. The van der Waals surface area contributed by atoms with Crippen LogP contribution in [0.3, 0.4) is 0 Å². The molecule has 204 valence electrons. The smallest absolute Gasteiger partial charge is 0.374 e. The van der Waals surface area contributed by atoms with Crippen molar-refractivity contribution in [2.24, 2.45) is 5.92 Å². The zero-order chi connectivity index (χ0) is 25.3. The number of carbonyl (C=O) groups excluding carboxylic acids is 1. The highest BCUT2D eigenvalue weighted by Gasteiger charge is 2.40. The predicted molar refractivity (Wildman–Crippen MR) is 152 cm³/mol. The van der Waals surface area contributed by atoms with Gasteiger partial charge in [0, 0.05) is 32.3 Å². The van der Waals surface area contributed by atoms with E-state index in [1.54, 1.807) is 0 Å². The lowest BCUT2D eigenvalue weighted by molar-refractivity contribution is -0.110. The Balaban J connectivity index is 3.82. The Kier molecular flexibility index (Phi) is 24.9. The summed E-state index contributed by atoms with van der Waals surface area (Å²) in [5.74, 6) is 0.775. The molecule has 0 rings (SSSR count). The maximum atomic E-state index is 10.8. The molecule has 34 heavy (non-hydrogen) atoms. The molecule has 0 fully saturated rings. The maximum Gasteiger partial charge on any atom is 0.500 e. The number of thiol groups is 1. The van der Waals surface area contributed by atoms with Crippen molar-refractivity contribution in [3.8, 4) is 0 Å². The van der Waals surface area contributed by atoms with Crippen LogP contribution < -0.4 is 0 Å². The quantitative estimate of drug-likeness (QED) is 0.0669. The van der Waals surface area contributed by atoms with Crippen LogP contribution in [0.5, 0.6) is 0 Å². The van der Waals surface area contributed by atoms with Gasteiger partial charge in [-0.05, 0) is 39.5 Å². The fourth-order valence-corrected chi connectivity index (χ4v) is 7.80. The first-order valence-electron chi connectivity index (χ1n) is 14.7. The van der Waals surface area contributed by atoms with Crippen LogP contribution in [0.25, 0.3) is 0 Å². The summed E-state index contributed by atoms with van der Waals surface area (Å²) in [5.41, 5.74) is 0. The molecule has 0 aliphatic rings. The van der Waals surface area contributed by atoms with Crippen LogP contribution in [-0.2, 0) is 18.1 Å². The standard InChI is InChI=1S/C28H58O4SSi/c1-5-22-27(25-26-34(30-6-2,31-7-3)32-8-4)23-20-18-16-14-12-10-9-11-13-15-17-19-21-24-28(29)33/h27H,5-26H2,1-4H3,(H,29,33). The van der Waals surface area contributed by atoms with E-state index >= 15 is 0 Å². The summed E-state index contributed by atoms with van der Waals surface area (Å²) < 4.78 is 18.2. The van der Waals surface area contributed by atoms with E-state index in [9.17, 15) is 4.79 Å². The summed E-state index contributed by atoms with van der Waals surface area (Å²) in [5, 5.41) is 0.0332. The molecule has 0 radical (unpaired) electrons. The molecule has 0 heterocycles. The lowest BCUT2D eigenvalue weighted by Gasteiger charge is -2.30. The second-order valence-electron chi connectivity index (χ2n) is 9.70. The number of unbranched alkanes of at least 4 members (excludes halogenated alkanes) is 12. The van der Waals surface area contributed by atoms with E-state index in [2.05, 4.69) is 19.6 Å². The topological polar surface area (TPSA) is 44.8 Å². The van der Waals surface area contributed by atoms with Gasteiger partial charge in [0.1, 0.15) is 0 Å². The lowest BCUT2D eigenvalue weighted by atomic mass is 9.93. The molecule has 0 aromatic carbocycles. The molecular weight excluding hydrogens is 460 g/mol. The fraction of sp³-hybridized carbons (Fsp3) is 0.964. The third-order valence-electron chi connectivity index (χ3n) is 6.65. The first-order valence-corrected chi connectivity index (χ1v) is 17.0. The molecule has 0 aliphatic heterocycles. The van der Waals surface area contributed by atoms with E-state index < -0.39 is 8.80 Å². The van der Waals surface area contributed by atoms with Crippen LogP contribution in [0.2, 0.25) is 6.04 Å². The van der Waals surface area contributed by atoms with Gasteiger partial charge in [0.2, 0.25) is 0 Å². The van der Waals surface area contributed by atoms with Gasteiger partial charge in [0.25, 0.3) is 0 Å². The Bertz CT molecular complexity index is 433. The SMILES string of the molecule is CCCC(CCCCCCCCCCCCCCCC(=O)S)CC[Si](OCC)(OCC)OCC. The molecule has 0 aliphatic carbocycles. The highest BCUT2D eigenvalue weighted by atomic mass is 32.1. The van der Waals surface area contributed by atoms with Gasteiger partial charge in [-0.25, -0.2) is 0 Å². The molecule has 0 N–H and O–H groups in total. The number of carbonyl (C=O) groups is 1. The molecular formula is C28H58O4SSi. The van der Waals surface area contributed by atoms with Gasteiger partial charge >= 0.3 is 8.80 Å². The van der Waals surface area contributed by atoms with E-state index in [1.165, 1.54) is 103 Å². The minimum absolute atomic E-state index is 0.0332. The Morgan fingerprint density at radius 1 is 0.618 bits per heavy atom. The van der Waals surface area contributed by atoms with Crippen LogP contribution >= 0.6 is 12.6 Å². The minimum Gasteiger partial charge on any atom is -0.374 e. The summed E-state index contributed by atoms with van der Waals surface area (Å²) in [7, 11) is -2.49. The average Bonchev–Trinajstić information content (AvgIpc) is 2.80. The van der Waals surface area contributed by atoms with Crippen molar-refractivity contribution in [3.05, 3.63) is 0 Å². The Morgan fingerprint density at radius 3 is 1.41 bits per heavy atom. The van der Waals surface area contributed by atoms with Crippen molar-refractivity contribution in [3.63, 3.8) is 0 Å². The van der Waals surface area contributed by atoms with Gasteiger partial charge in [0.05, 0.1) is 0 Å². The van der Waals surface area contributed by atoms with Crippen LogP contribution in [0.1, 0.15) is 143 Å². The third kappa shape index (κ3) is 20.3. The molecule has 1 atom stereocenters. The molecule has 1 unspecified atom stereocenters. The lowest BCUT2D eigenvalue weighted by Crippen LogP contribution is -2.46. The molecule has 0 saturated carbocycles. The average molecular weight is 519 g/mol. The summed E-state index contributed by atoms with van der Waals surface area (Å²) >= 11 is 3.82. The van der Waals surface area contributed by atoms with E-state index in [1.807, 2.05) is 20.8 Å². The predicted octanol–water partition coefficient (Wildman–Crippen LogP) is 9.15. The molecule has 0 saturated heterocycles. The zero-order valence-electron chi connectivity index (χ0n) is 23.2. The van der Waals surface area contributed by atoms with E-state index in [0.29, 0.717) is 26.2 Å². The monoisotopic (exact) mass is 518 g/mol. The van der Waals surface area contributed by atoms with Gasteiger partial charge in [-0.3, -0.25) is 4.79 Å². The largest absolute Gasteiger partial charge is 0.500 e. The second-order valence-corrected chi connectivity index (χ2v) is 12.9. The van der Waals surface area contributed by atoms with Crippen LogP contribution in [0.4, 0.5) is 0 Å². The van der Waals surface area contributed by atoms with Gasteiger partial charge in [-0.15, -0.1) is 12.6 Å². The van der Waals surface area contributed by atoms with Crippen molar-refractivity contribution in [1.29, 1.82) is 0 Å². The van der Waals surface area contributed by atoms with Gasteiger partial charge in [-0.2, -0.15) is 0 Å². The number of rotatable bonds is 27. The van der Waals surface area contributed by atoms with E-state index in [-0.39, 0.29) is 5.12 Å². The second kappa shape index (κ2) is 24.8. The van der Waals surface area contributed by atoms with Gasteiger partial charge < -0.3 is 13.3 Å². The van der Waals surface area contributed by atoms with Crippen LogP contribution in [0, 0.1) is 5.92 Å². The molecule has 0 aromatic rings. The molecule has 0 amide bonds. The van der Waals surface area contributed by atoms with Gasteiger partial charge in [-0.1, -0.05) is 103 Å². The highest BCUT2D eigenvalue weighted by molar-refractivity contribution is 7.96. The normalized spacial score (nSPS) is 12.9. The van der Waals surface area contributed by atoms with E-state index in [4.69, 9.17) is 13.3 Å². The van der Waals surface area contributed by atoms with Crippen molar-refractivity contribution < 1.29 is 18.1 Å². The molecule has 0 aromatic heterocycles. The minimum atomic E-state index is -2.49. The van der Waals surface area contributed by atoms with Crippen LogP contribution in [0.15, 0.2) is 0 Å². The van der Waals surface area contributed by atoms with E-state index in [0.717, 1.165) is 18.4 Å². The number of hydrogen-bond donors (Lipinski definition) is 1. The molecule has 6 heteroatoms. The maximum absolute atomic E-state index is 10.8. The van der Waals surface area contributed by atoms with Crippen molar-refractivity contribution in [2.45, 2.75) is 149 Å². The van der Waals surface area contributed by atoms with Crippen molar-refractivity contribution >= 4 is 26.5 Å². The summed E-state index contributed by atoms with van der Waals surface area (Å²) in [6, 6.07) is 0.961. The molecule has 0 bridgehead atoms. The van der Waals surface area contributed by atoms with Crippen molar-refractivity contribution in [2.75, 3.05) is 19.8 Å². The first-order chi connectivity index (χ1) is 16.5. The number of hydrogen-bond acceptors (Lipinski definition) is 4. The third-order valence-corrected chi connectivity index (χ3v) is 9.96. The zero-order valence-corrected chi connectivity index (χ0v) is 25.1. The Hall–Kier alpha value is 0.117. The summed E-state index contributed by atoms with van der Waals surface area (Å²) in [4.78, 5) is 10.8. The van der Waals surface area contributed by atoms with Gasteiger partial charge in [0.15, 0.2) is 5.12 Å². The summed E-state index contributed by atoms with van der Waals surface area (Å²) in [6.45, 7) is 10.4. The highest BCUT2D eigenvalue weighted by Crippen LogP contribution is 2.27. The molecule has 0 spiro atoms. The first kappa shape index (κ1) is 34.1. The van der Waals surface area contributed by atoms with Crippen molar-refractivity contribution in [1.82, 2.24) is 0 Å². The Labute approximate surface area is 219 Å².